The van der Waals surface area contributed by atoms with Gasteiger partial charge in [-0.1, -0.05) is 18.2 Å². The largest absolute Gasteiger partial charge is 0.351 e. The Morgan fingerprint density at radius 3 is 2.59 bits per heavy atom. The minimum absolute atomic E-state index is 0.103. The van der Waals surface area contributed by atoms with Gasteiger partial charge in [0.25, 0.3) is 0 Å². The van der Waals surface area contributed by atoms with E-state index in [0.717, 1.165) is 25.9 Å². The highest BCUT2D eigenvalue weighted by molar-refractivity contribution is 8.00. The maximum atomic E-state index is 13.4. The van der Waals surface area contributed by atoms with Crippen LogP contribution in [0.1, 0.15) is 24.8 Å². The second kappa shape index (κ2) is 8.78. The Balaban J connectivity index is 1.63. The molecule has 1 aromatic rings. The van der Waals surface area contributed by atoms with Crippen LogP contribution in [0, 0.1) is 5.82 Å². The summed E-state index contributed by atoms with van der Waals surface area (Å²) in [6, 6.07) is 6.36. The van der Waals surface area contributed by atoms with Gasteiger partial charge in [0, 0.05) is 25.2 Å². The number of amides is 2. The highest BCUT2D eigenvalue weighted by atomic mass is 32.2. The third-order valence-electron chi connectivity index (χ3n) is 3.60. The Bertz CT molecular complexity index is 519. The van der Waals surface area contributed by atoms with Gasteiger partial charge in [0.05, 0.1) is 11.5 Å². The highest BCUT2D eigenvalue weighted by Crippen LogP contribution is 2.11. The summed E-state index contributed by atoms with van der Waals surface area (Å²) in [4.78, 5) is 25.5. The second-order valence-electron chi connectivity index (χ2n) is 5.30. The predicted octanol–water partition coefficient (Wildman–Crippen LogP) is 2.19. The van der Waals surface area contributed by atoms with E-state index >= 15 is 0 Å². The standard InChI is InChI=1S/C16H21FN2O2S/c17-14-7-3-2-6-13(14)10-18-15(20)11-22-12-16(21)19-8-4-1-5-9-19/h2-3,6-7H,1,4-5,8-12H2,(H,18,20). The van der Waals surface area contributed by atoms with Crippen molar-refractivity contribution in [3.63, 3.8) is 0 Å². The second-order valence-corrected chi connectivity index (χ2v) is 6.29. The molecular weight excluding hydrogens is 303 g/mol. The molecule has 22 heavy (non-hydrogen) atoms. The molecule has 0 spiro atoms. The van der Waals surface area contributed by atoms with Crippen LogP contribution in [-0.2, 0) is 16.1 Å². The number of hydrogen-bond donors (Lipinski definition) is 1. The van der Waals surface area contributed by atoms with Crippen molar-refractivity contribution in [2.24, 2.45) is 0 Å². The molecule has 1 heterocycles. The summed E-state index contributed by atoms with van der Waals surface area (Å²) in [5.41, 5.74) is 0.463. The fourth-order valence-electron chi connectivity index (χ4n) is 2.35. The number of carbonyl (C=O) groups is 2. The van der Waals surface area contributed by atoms with Crippen molar-refractivity contribution in [1.29, 1.82) is 0 Å². The van der Waals surface area contributed by atoms with Gasteiger partial charge in [0.1, 0.15) is 5.82 Å². The number of halogens is 1. The van der Waals surface area contributed by atoms with E-state index in [4.69, 9.17) is 0 Å². The van der Waals surface area contributed by atoms with Gasteiger partial charge < -0.3 is 10.2 Å². The number of nitrogens with zero attached hydrogens (tertiary/aromatic N) is 1. The van der Waals surface area contributed by atoms with Crippen LogP contribution in [0.5, 0.6) is 0 Å². The van der Waals surface area contributed by atoms with Crippen molar-refractivity contribution in [3.05, 3.63) is 35.6 Å². The molecule has 0 unspecified atom stereocenters. The predicted molar refractivity (Wildman–Crippen MR) is 86.0 cm³/mol. The fraction of sp³-hybridized carbons (Fsp3) is 0.500. The Labute approximate surface area is 134 Å². The molecule has 0 saturated carbocycles. The number of piperidine rings is 1. The number of rotatable bonds is 6. The summed E-state index contributed by atoms with van der Waals surface area (Å²) in [5, 5.41) is 2.67. The van der Waals surface area contributed by atoms with E-state index in [-0.39, 0.29) is 29.9 Å². The van der Waals surface area contributed by atoms with Crippen LogP contribution in [0.4, 0.5) is 4.39 Å². The van der Waals surface area contributed by atoms with Gasteiger partial charge >= 0.3 is 0 Å². The minimum Gasteiger partial charge on any atom is -0.351 e. The molecule has 1 aliphatic heterocycles. The van der Waals surface area contributed by atoms with Gasteiger partial charge in [0.15, 0.2) is 0 Å². The number of thioether (sulfide) groups is 1. The van der Waals surface area contributed by atoms with Gasteiger partial charge in [0.2, 0.25) is 11.8 Å². The first-order chi connectivity index (χ1) is 10.7. The summed E-state index contributed by atoms with van der Waals surface area (Å²) in [7, 11) is 0. The van der Waals surface area contributed by atoms with Crippen molar-refractivity contribution in [2.75, 3.05) is 24.6 Å². The summed E-state index contributed by atoms with van der Waals surface area (Å²) >= 11 is 1.31. The van der Waals surface area contributed by atoms with Crippen LogP contribution in [0.15, 0.2) is 24.3 Å². The molecule has 1 aromatic carbocycles. The molecule has 0 atom stereocenters. The molecule has 0 aromatic heterocycles. The van der Waals surface area contributed by atoms with Crippen LogP contribution in [0.3, 0.4) is 0 Å². The number of carbonyl (C=O) groups excluding carboxylic acids is 2. The van der Waals surface area contributed by atoms with Gasteiger partial charge in [-0.3, -0.25) is 9.59 Å². The molecule has 1 saturated heterocycles. The zero-order chi connectivity index (χ0) is 15.8. The third-order valence-corrected chi connectivity index (χ3v) is 4.52. The van der Waals surface area contributed by atoms with Crippen molar-refractivity contribution >= 4 is 23.6 Å². The number of benzene rings is 1. The summed E-state index contributed by atoms with van der Waals surface area (Å²) in [6.45, 7) is 1.84. The normalized spacial score (nSPS) is 14.7. The molecule has 1 aliphatic rings. The Morgan fingerprint density at radius 2 is 1.86 bits per heavy atom. The summed E-state index contributed by atoms with van der Waals surface area (Å²) < 4.78 is 13.4. The summed E-state index contributed by atoms with van der Waals surface area (Å²) in [6.07, 6.45) is 3.33. The third kappa shape index (κ3) is 5.33. The van der Waals surface area contributed by atoms with E-state index in [0.29, 0.717) is 11.3 Å². The van der Waals surface area contributed by atoms with E-state index < -0.39 is 0 Å². The number of nitrogens with one attached hydrogen (secondary N) is 1. The molecule has 2 rings (SSSR count). The number of likely N-dealkylation sites (tertiary alicyclic amines) is 1. The molecule has 4 nitrogen and oxygen atoms in total. The number of hydrogen-bond acceptors (Lipinski definition) is 3. The van der Waals surface area contributed by atoms with Crippen LogP contribution in [-0.4, -0.2) is 41.3 Å². The molecule has 1 N–H and O–H groups in total. The van der Waals surface area contributed by atoms with Gasteiger partial charge in [-0.15, -0.1) is 11.8 Å². The minimum atomic E-state index is -0.323. The Kier molecular flexibility index (Phi) is 6.71. The maximum Gasteiger partial charge on any atom is 0.232 e. The Morgan fingerprint density at radius 1 is 1.14 bits per heavy atom. The highest BCUT2D eigenvalue weighted by Gasteiger charge is 2.16. The van der Waals surface area contributed by atoms with Gasteiger partial charge in [-0.25, -0.2) is 4.39 Å². The van der Waals surface area contributed by atoms with E-state index in [9.17, 15) is 14.0 Å². The molecule has 1 fully saturated rings. The zero-order valence-corrected chi connectivity index (χ0v) is 13.3. The summed E-state index contributed by atoms with van der Waals surface area (Å²) in [5.74, 6) is 0.142. The first kappa shape index (κ1) is 16.8. The Hall–Kier alpha value is -1.56. The van der Waals surface area contributed by atoms with Crippen molar-refractivity contribution in [2.45, 2.75) is 25.8 Å². The van der Waals surface area contributed by atoms with Crippen LogP contribution in [0.25, 0.3) is 0 Å². The lowest BCUT2D eigenvalue weighted by Gasteiger charge is -2.26. The molecule has 0 bridgehead atoms. The fourth-order valence-corrected chi connectivity index (χ4v) is 3.10. The maximum absolute atomic E-state index is 13.4. The quantitative estimate of drug-likeness (QED) is 0.873. The monoisotopic (exact) mass is 324 g/mol. The first-order valence-corrected chi connectivity index (χ1v) is 8.68. The van der Waals surface area contributed by atoms with E-state index in [1.807, 2.05) is 4.90 Å². The molecular formula is C16H21FN2O2S. The van der Waals surface area contributed by atoms with Crippen LogP contribution in [0.2, 0.25) is 0 Å². The van der Waals surface area contributed by atoms with Crippen molar-refractivity contribution in [1.82, 2.24) is 10.2 Å². The van der Waals surface area contributed by atoms with E-state index in [1.165, 1.54) is 24.2 Å². The molecule has 2 amide bonds. The smallest absolute Gasteiger partial charge is 0.232 e. The average Bonchev–Trinajstić information content (AvgIpc) is 2.55. The lowest BCUT2D eigenvalue weighted by molar-refractivity contribution is -0.129. The van der Waals surface area contributed by atoms with Gasteiger partial charge in [-0.05, 0) is 25.3 Å². The lowest BCUT2D eigenvalue weighted by Crippen LogP contribution is -2.37. The van der Waals surface area contributed by atoms with E-state index in [2.05, 4.69) is 5.32 Å². The molecule has 6 heteroatoms. The molecule has 0 radical (unpaired) electrons. The van der Waals surface area contributed by atoms with Gasteiger partial charge in [-0.2, -0.15) is 0 Å². The van der Waals surface area contributed by atoms with Crippen molar-refractivity contribution in [3.8, 4) is 0 Å². The molecule has 120 valence electrons. The molecule has 0 aliphatic carbocycles. The average molecular weight is 324 g/mol. The van der Waals surface area contributed by atoms with Crippen LogP contribution >= 0.6 is 11.8 Å². The lowest BCUT2D eigenvalue weighted by atomic mass is 10.1. The van der Waals surface area contributed by atoms with Crippen molar-refractivity contribution < 1.29 is 14.0 Å². The SMILES string of the molecule is O=C(CSCC(=O)N1CCCCC1)NCc1ccccc1F. The zero-order valence-electron chi connectivity index (χ0n) is 12.5. The topological polar surface area (TPSA) is 49.4 Å². The first-order valence-electron chi connectivity index (χ1n) is 7.52. The van der Waals surface area contributed by atoms with Crippen LogP contribution < -0.4 is 5.32 Å². The van der Waals surface area contributed by atoms with E-state index in [1.54, 1.807) is 18.2 Å².